The van der Waals surface area contributed by atoms with Gasteiger partial charge in [-0.2, -0.15) is 0 Å². The van der Waals surface area contributed by atoms with E-state index in [1.807, 2.05) is 0 Å². The van der Waals surface area contributed by atoms with Crippen molar-refractivity contribution in [3.63, 3.8) is 0 Å². The average Bonchev–Trinajstić information content (AvgIpc) is 1.41. The van der Waals surface area contributed by atoms with E-state index in [4.69, 9.17) is 0 Å². The van der Waals surface area contributed by atoms with Crippen LogP contribution in [0.4, 0.5) is 0 Å². The van der Waals surface area contributed by atoms with Gasteiger partial charge in [-0.05, 0) is 0 Å². The van der Waals surface area contributed by atoms with Crippen LogP contribution in [-0.2, 0) is 13.5 Å². The van der Waals surface area contributed by atoms with Crippen LogP contribution in [-0.4, -0.2) is 22.5 Å². The van der Waals surface area contributed by atoms with E-state index >= 15 is 0 Å². The van der Waals surface area contributed by atoms with Crippen LogP contribution in [0.25, 0.3) is 0 Å². The summed E-state index contributed by atoms with van der Waals surface area (Å²) >= 11 is 1.68. The molecule has 0 rings (SSSR count). The predicted octanol–water partition coefficient (Wildman–Crippen LogP) is 1.10. The summed E-state index contributed by atoms with van der Waals surface area (Å²) in [6.45, 7) is 2.23. The summed E-state index contributed by atoms with van der Waals surface area (Å²) in [7, 11) is 0. The third kappa shape index (κ3) is 8.94. The summed E-state index contributed by atoms with van der Waals surface area (Å²) in [5.41, 5.74) is 0. The first-order valence-corrected chi connectivity index (χ1v) is 4.08. The van der Waals surface area contributed by atoms with Crippen LogP contribution in [0.2, 0.25) is 4.44 Å². The summed E-state index contributed by atoms with van der Waals surface area (Å²) < 4.78 is 1.43. The molecule has 0 bridgehead atoms. The van der Waals surface area contributed by atoms with Crippen LogP contribution >= 0.6 is 0 Å². The van der Waals surface area contributed by atoms with E-state index in [1.165, 1.54) is 17.3 Å². The van der Waals surface area contributed by atoms with Gasteiger partial charge >= 0.3 is 46.7 Å². The fourth-order valence-corrected chi connectivity index (χ4v) is 1.19. The van der Waals surface area contributed by atoms with Crippen LogP contribution in [0, 0.1) is 0 Å². The molecule has 0 heterocycles. The van der Waals surface area contributed by atoms with Gasteiger partial charge in [0.1, 0.15) is 0 Å². The van der Waals surface area contributed by atoms with Crippen LogP contribution in [0.3, 0.4) is 0 Å². The maximum Gasteiger partial charge on any atom is -0.813 e. The molecule has 0 aliphatic heterocycles. The Morgan fingerprint density at radius 3 is 2.00 bits per heavy atom. The van der Waals surface area contributed by atoms with Crippen molar-refractivity contribution >= 4 is 36.0 Å². The van der Waals surface area contributed by atoms with E-state index in [2.05, 4.69) is 6.92 Å². The van der Waals surface area contributed by atoms with E-state index in [0.717, 1.165) is 0 Å². The van der Waals surface area contributed by atoms with Crippen LogP contribution in [0.5, 0.6) is 0 Å². The van der Waals surface area contributed by atoms with Crippen molar-refractivity contribution in [3.8, 4) is 0 Å². The molecular weight excluding hydrogens is 199 g/mol. The summed E-state index contributed by atoms with van der Waals surface area (Å²) in [5, 5.41) is 0. The molecule has 0 aromatic carbocycles. The second-order valence-corrected chi connectivity index (χ2v) is 2.53. The third-order valence-corrected chi connectivity index (χ3v) is 1.54. The number of rotatable bonds is 2. The van der Waals surface area contributed by atoms with Crippen molar-refractivity contribution in [2.24, 2.45) is 0 Å². The van der Waals surface area contributed by atoms with Gasteiger partial charge in [0.2, 0.25) is 0 Å². The van der Waals surface area contributed by atoms with Crippen LogP contribution in [0.1, 0.15) is 19.8 Å². The Morgan fingerprint density at radius 2 is 2.00 bits per heavy atom. The third-order valence-electron chi connectivity index (χ3n) is 0.530. The molecule has 0 radical (unpaired) electrons. The zero-order valence-corrected chi connectivity index (χ0v) is 7.82. The number of hydrogen-bond donors (Lipinski definition) is 0. The van der Waals surface area contributed by atoms with Gasteiger partial charge in [-0.15, -0.1) is 0 Å². The second-order valence-electron chi connectivity index (χ2n) is 1.10. The van der Waals surface area contributed by atoms with E-state index in [-0.39, 0.29) is 13.5 Å². The zero-order chi connectivity index (χ0) is 4.12. The van der Waals surface area contributed by atoms with Crippen molar-refractivity contribution in [3.05, 3.63) is 0 Å². The van der Waals surface area contributed by atoms with Crippen molar-refractivity contribution < 1.29 is 0 Å². The minimum Gasteiger partial charge on any atom is -0.813 e. The van der Waals surface area contributed by atoms with E-state index in [0.29, 0.717) is 0 Å². The Labute approximate surface area is 60.2 Å². The molecule has 0 N–H and O–H groups in total. The summed E-state index contributed by atoms with van der Waals surface area (Å²) in [5.74, 6) is 0. The maximum atomic E-state index is 2.23. The van der Waals surface area contributed by atoms with Crippen LogP contribution in [0.15, 0.2) is 0 Å². The normalized spacial score (nSPS) is 7.17. The molecule has 0 aliphatic rings. The first-order chi connectivity index (χ1) is 2.41. The molecule has 0 fully saturated rings. The van der Waals surface area contributed by atoms with E-state index in [1.54, 1.807) is 22.5 Å². The van der Waals surface area contributed by atoms with Gasteiger partial charge in [-0.1, -0.05) is 0 Å². The van der Waals surface area contributed by atoms with Crippen molar-refractivity contribution in [1.29, 1.82) is 0 Å². The molecular formula is C4H10SSn+2. The van der Waals surface area contributed by atoms with Gasteiger partial charge in [0, 0.05) is 0 Å². The van der Waals surface area contributed by atoms with Gasteiger partial charge in [-0.25, -0.2) is 0 Å². The minimum atomic E-state index is 0. The SMILES string of the molecule is CCC[CH2][Sn+3].[SH-]. The predicted molar refractivity (Wildman–Crippen MR) is 34.2 cm³/mol. The van der Waals surface area contributed by atoms with Gasteiger partial charge in [0.05, 0.1) is 0 Å². The quantitative estimate of drug-likeness (QED) is 0.372. The van der Waals surface area contributed by atoms with Crippen molar-refractivity contribution in [2.75, 3.05) is 0 Å². The molecule has 0 spiro atoms. The molecule has 34 valence electrons. The summed E-state index contributed by atoms with van der Waals surface area (Å²) in [6, 6.07) is 0. The Kier molecular flexibility index (Phi) is 16.1. The fraction of sp³-hybridized carbons (Fsp3) is 1.00. The molecule has 0 nitrogen and oxygen atoms in total. The van der Waals surface area contributed by atoms with Gasteiger partial charge in [-0.3, -0.25) is 0 Å². The molecule has 0 amide bonds. The average molecular weight is 209 g/mol. The summed E-state index contributed by atoms with van der Waals surface area (Å²) in [6.07, 6.45) is 2.80. The molecule has 0 unspecified atom stereocenters. The molecule has 0 aromatic heterocycles. The topological polar surface area (TPSA) is 0 Å². The van der Waals surface area contributed by atoms with Crippen LogP contribution < -0.4 is 0 Å². The molecule has 2 heteroatoms. The smallest absolute Gasteiger partial charge is 0.813 e. The minimum absolute atomic E-state index is 0. The molecule has 6 heavy (non-hydrogen) atoms. The van der Waals surface area contributed by atoms with E-state index in [9.17, 15) is 0 Å². The fourth-order valence-electron chi connectivity index (χ4n) is 0.177. The van der Waals surface area contributed by atoms with Crippen molar-refractivity contribution in [1.82, 2.24) is 0 Å². The number of hydrogen-bond acceptors (Lipinski definition) is 1. The largest absolute Gasteiger partial charge is 0.813 e. The molecule has 0 saturated carbocycles. The number of thiol groups is 1. The molecule has 0 aromatic rings. The maximum absolute atomic E-state index is 2.23. The van der Waals surface area contributed by atoms with Crippen molar-refractivity contribution in [2.45, 2.75) is 24.2 Å². The first-order valence-electron chi connectivity index (χ1n) is 2.06. The Morgan fingerprint density at radius 1 is 1.50 bits per heavy atom. The monoisotopic (exact) mass is 210 g/mol. The van der Waals surface area contributed by atoms with Gasteiger partial charge in [0.15, 0.2) is 0 Å². The second kappa shape index (κ2) is 9.47. The molecule has 0 aliphatic carbocycles. The Balaban J connectivity index is 0. The van der Waals surface area contributed by atoms with E-state index < -0.39 is 0 Å². The van der Waals surface area contributed by atoms with Gasteiger partial charge < -0.3 is 13.5 Å². The zero-order valence-electron chi connectivity index (χ0n) is 4.07. The van der Waals surface area contributed by atoms with Gasteiger partial charge in [0.25, 0.3) is 0 Å². The number of unbranched alkanes of at least 4 members (excludes halogenated alkanes) is 1. The molecule has 0 saturated heterocycles. The first kappa shape index (κ1) is 10.2. The standard InChI is InChI=1S/C4H9.H2S.Sn/c1-3-4-2;;/h1,3-4H2,2H3;1H2;/q;;+3/p-1. The molecule has 0 atom stereocenters. The Bertz CT molecular complexity index is 15.0. The Hall–Kier alpha value is 1.15. The summed E-state index contributed by atoms with van der Waals surface area (Å²) in [4.78, 5) is 0.